The van der Waals surface area contributed by atoms with Gasteiger partial charge in [-0.05, 0) is 37.8 Å². The monoisotopic (exact) mass is 292 g/mol. The second kappa shape index (κ2) is 7.90. The summed E-state index contributed by atoms with van der Waals surface area (Å²) in [5.41, 5.74) is 6.93. The molecule has 1 unspecified atom stereocenters. The fourth-order valence-electron chi connectivity index (χ4n) is 3.24. The summed E-state index contributed by atoms with van der Waals surface area (Å²) in [6.45, 7) is 6.34. The lowest BCUT2D eigenvalue weighted by Crippen LogP contribution is -2.40. The lowest BCUT2D eigenvalue weighted by atomic mass is 10.0. The summed E-state index contributed by atoms with van der Waals surface area (Å²) in [7, 11) is 0. The molecule has 2 N–H and O–H groups in total. The van der Waals surface area contributed by atoms with E-state index >= 15 is 0 Å². The molecule has 1 atom stereocenters. The lowest BCUT2D eigenvalue weighted by molar-refractivity contribution is 0.176. The van der Waals surface area contributed by atoms with Gasteiger partial charge in [0.15, 0.2) is 0 Å². The van der Waals surface area contributed by atoms with E-state index < -0.39 is 0 Å². The van der Waals surface area contributed by atoms with Crippen molar-refractivity contribution in [1.29, 1.82) is 0 Å². The van der Waals surface area contributed by atoms with Gasteiger partial charge in [-0.25, -0.2) is 4.39 Å². The third-order valence-electron chi connectivity index (χ3n) is 4.57. The molecule has 0 saturated heterocycles. The Kier molecular flexibility index (Phi) is 6.19. The summed E-state index contributed by atoms with van der Waals surface area (Å²) < 4.78 is 13.9. The maximum absolute atomic E-state index is 13.9. The van der Waals surface area contributed by atoms with Gasteiger partial charge in [-0.1, -0.05) is 44.9 Å². The van der Waals surface area contributed by atoms with Gasteiger partial charge in [0.05, 0.1) is 0 Å². The van der Waals surface area contributed by atoms with Crippen molar-refractivity contribution in [2.45, 2.75) is 58.0 Å². The van der Waals surface area contributed by atoms with E-state index in [4.69, 9.17) is 5.73 Å². The first-order chi connectivity index (χ1) is 10.1. The minimum Gasteiger partial charge on any atom is -0.323 e. The van der Waals surface area contributed by atoms with Crippen LogP contribution in [0.15, 0.2) is 24.3 Å². The summed E-state index contributed by atoms with van der Waals surface area (Å²) in [5.74, 6) is 0.513. The second-order valence-electron chi connectivity index (χ2n) is 6.74. The Bertz CT molecular complexity index is 427. The molecule has 0 bridgehead atoms. The minimum atomic E-state index is -0.237. The number of rotatable bonds is 7. The molecule has 118 valence electrons. The fraction of sp³-hybridized carbons (Fsp3) is 0.667. The molecule has 1 fully saturated rings. The zero-order valence-corrected chi connectivity index (χ0v) is 13.4. The van der Waals surface area contributed by atoms with Gasteiger partial charge in [0.2, 0.25) is 0 Å². The van der Waals surface area contributed by atoms with Crippen LogP contribution in [-0.2, 0) is 0 Å². The molecular formula is C18H29FN2. The van der Waals surface area contributed by atoms with Crippen LogP contribution in [0.1, 0.15) is 57.6 Å². The van der Waals surface area contributed by atoms with Crippen LogP contribution >= 0.6 is 0 Å². The molecule has 0 spiro atoms. The van der Waals surface area contributed by atoms with Crippen molar-refractivity contribution in [2.24, 2.45) is 11.7 Å². The van der Waals surface area contributed by atoms with Crippen molar-refractivity contribution in [3.63, 3.8) is 0 Å². The Labute approximate surface area is 128 Å². The number of benzene rings is 1. The quantitative estimate of drug-likeness (QED) is 0.819. The predicted molar refractivity (Wildman–Crippen MR) is 86.6 cm³/mol. The van der Waals surface area contributed by atoms with Crippen LogP contribution in [0.3, 0.4) is 0 Å². The maximum Gasteiger partial charge on any atom is 0.128 e. The molecule has 21 heavy (non-hydrogen) atoms. The highest BCUT2D eigenvalue weighted by Gasteiger charge is 2.25. The number of nitrogens with two attached hydrogens (primary N) is 1. The maximum atomic E-state index is 13.9. The van der Waals surface area contributed by atoms with E-state index in [1.165, 1.54) is 38.2 Å². The molecule has 2 nitrogen and oxygen atoms in total. The second-order valence-corrected chi connectivity index (χ2v) is 6.74. The van der Waals surface area contributed by atoms with Gasteiger partial charge < -0.3 is 5.73 Å². The SMILES string of the molecule is CC(C)CCN(CC(N)c1ccccc1F)C1CCCC1. The number of hydrogen-bond acceptors (Lipinski definition) is 2. The number of nitrogens with zero attached hydrogens (tertiary/aromatic N) is 1. The smallest absolute Gasteiger partial charge is 0.128 e. The molecule has 1 aromatic rings. The third-order valence-corrected chi connectivity index (χ3v) is 4.57. The van der Waals surface area contributed by atoms with E-state index in [0.29, 0.717) is 17.5 Å². The van der Waals surface area contributed by atoms with Gasteiger partial charge in [0, 0.05) is 24.2 Å². The molecule has 0 amide bonds. The van der Waals surface area contributed by atoms with Crippen LogP contribution in [0.5, 0.6) is 0 Å². The van der Waals surface area contributed by atoms with Crippen LogP contribution in [0.25, 0.3) is 0 Å². The molecule has 3 heteroatoms. The first kappa shape index (κ1) is 16.4. The van der Waals surface area contributed by atoms with E-state index in [1.807, 2.05) is 12.1 Å². The predicted octanol–water partition coefficient (Wildman–Crippen LogP) is 4.12. The molecule has 1 aliphatic rings. The summed E-state index contributed by atoms with van der Waals surface area (Å²) >= 11 is 0. The summed E-state index contributed by atoms with van der Waals surface area (Å²) in [6.07, 6.45) is 6.35. The summed E-state index contributed by atoms with van der Waals surface area (Å²) in [4.78, 5) is 2.50. The van der Waals surface area contributed by atoms with E-state index in [1.54, 1.807) is 6.07 Å². The van der Waals surface area contributed by atoms with Crippen LogP contribution in [0.4, 0.5) is 4.39 Å². The molecule has 1 aromatic carbocycles. The van der Waals surface area contributed by atoms with Crippen molar-refractivity contribution in [1.82, 2.24) is 4.90 Å². The molecule has 0 aliphatic heterocycles. The highest BCUT2D eigenvalue weighted by molar-refractivity contribution is 5.21. The zero-order valence-electron chi connectivity index (χ0n) is 13.4. The van der Waals surface area contributed by atoms with Gasteiger partial charge in [-0.3, -0.25) is 4.90 Å². The normalized spacial score (nSPS) is 17.8. The average Bonchev–Trinajstić information content (AvgIpc) is 2.97. The Morgan fingerprint density at radius 2 is 1.90 bits per heavy atom. The first-order valence-corrected chi connectivity index (χ1v) is 8.32. The van der Waals surface area contributed by atoms with E-state index in [2.05, 4.69) is 18.7 Å². The fourth-order valence-corrected chi connectivity index (χ4v) is 3.24. The first-order valence-electron chi connectivity index (χ1n) is 8.32. The van der Waals surface area contributed by atoms with Crippen molar-refractivity contribution >= 4 is 0 Å². The van der Waals surface area contributed by atoms with Crippen LogP contribution < -0.4 is 5.73 Å². The minimum absolute atomic E-state index is 0.180. The van der Waals surface area contributed by atoms with Crippen molar-refractivity contribution in [3.8, 4) is 0 Å². The summed E-state index contributed by atoms with van der Waals surface area (Å²) in [6, 6.07) is 7.31. The van der Waals surface area contributed by atoms with Crippen LogP contribution in [0, 0.1) is 11.7 Å². The van der Waals surface area contributed by atoms with Gasteiger partial charge >= 0.3 is 0 Å². The Balaban J connectivity index is 2.01. The number of hydrogen-bond donors (Lipinski definition) is 1. The Morgan fingerprint density at radius 3 is 2.52 bits per heavy atom. The van der Waals surface area contributed by atoms with E-state index in [-0.39, 0.29) is 11.9 Å². The molecular weight excluding hydrogens is 263 g/mol. The van der Waals surface area contributed by atoms with Gasteiger partial charge in [0.1, 0.15) is 5.82 Å². The lowest BCUT2D eigenvalue weighted by Gasteiger charge is -2.32. The van der Waals surface area contributed by atoms with E-state index in [0.717, 1.165) is 13.1 Å². The standard InChI is InChI=1S/C18H29FN2/c1-14(2)11-12-21(15-7-3-4-8-15)13-18(20)16-9-5-6-10-17(16)19/h5-6,9-10,14-15,18H,3-4,7-8,11-13,20H2,1-2H3. The zero-order chi connectivity index (χ0) is 15.2. The van der Waals surface area contributed by atoms with Crippen LogP contribution in [0.2, 0.25) is 0 Å². The van der Waals surface area contributed by atoms with Gasteiger partial charge in [0.25, 0.3) is 0 Å². The Hall–Kier alpha value is -0.930. The molecule has 2 rings (SSSR count). The van der Waals surface area contributed by atoms with Crippen molar-refractivity contribution in [3.05, 3.63) is 35.6 Å². The molecule has 1 saturated carbocycles. The highest BCUT2D eigenvalue weighted by Crippen LogP contribution is 2.26. The largest absolute Gasteiger partial charge is 0.323 e. The molecule has 0 aromatic heterocycles. The number of halogens is 1. The molecule has 0 heterocycles. The van der Waals surface area contributed by atoms with Crippen LogP contribution in [-0.4, -0.2) is 24.0 Å². The highest BCUT2D eigenvalue weighted by atomic mass is 19.1. The molecule has 0 radical (unpaired) electrons. The van der Waals surface area contributed by atoms with Crippen molar-refractivity contribution < 1.29 is 4.39 Å². The van der Waals surface area contributed by atoms with E-state index in [9.17, 15) is 4.39 Å². The van der Waals surface area contributed by atoms with Crippen molar-refractivity contribution in [2.75, 3.05) is 13.1 Å². The topological polar surface area (TPSA) is 29.3 Å². The Morgan fingerprint density at radius 1 is 1.24 bits per heavy atom. The average molecular weight is 292 g/mol. The summed E-state index contributed by atoms with van der Waals surface area (Å²) in [5, 5.41) is 0. The van der Waals surface area contributed by atoms with Gasteiger partial charge in [-0.2, -0.15) is 0 Å². The van der Waals surface area contributed by atoms with Gasteiger partial charge in [-0.15, -0.1) is 0 Å². The molecule has 1 aliphatic carbocycles. The third kappa shape index (κ3) is 4.79.